The van der Waals surface area contributed by atoms with Crippen molar-refractivity contribution in [2.75, 3.05) is 45.8 Å². The highest BCUT2D eigenvalue weighted by Gasteiger charge is 2.16. The molecule has 1 N–H and O–H groups in total. The molecular weight excluding hydrogens is 410 g/mol. The molecule has 6 nitrogen and oxygen atoms in total. The van der Waals surface area contributed by atoms with Gasteiger partial charge in [-0.3, -0.25) is 9.00 Å². The van der Waals surface area contributed by atoms with E-state index in [1.54, 1.807) is 36.4 Å². The van der Waals surface area contributed by atoms with Crippen molar-refractivity contribution in [2.24, 2.45) is 0 Å². The van der Waals surface area contributed by atoms with Gasteiger partial charge in [0.2, 0.25) is 0 Å². The molecule has 1 aliphatic rings. The lowest BCUT2D eigenvalue weighted by Gasteiger charge is -2.33. The molecule has 3 rings (SSSR count). The number of likely N-dealkylation sites (N-methyl/N-ethyl adjacent to an activating group) is 1. The first-order valence-corrected chi connectivity index (χ1v) is 11.7. The summed E-state index contributed by atoms with van der Waals surface area (Å²) in [6.07, 6.45) is 0.909. The fourth-order valence-electron chi connectivity index (χ4n) is 3.30. The second-order valence-electron chi connectivity index (χ2n) is 7.10. The molecule has 2 heterocycles. The fraction of sp³-hybridized carbons (Fsp3) is 0.476. The Morgan fingerprint density at radius 1 is 1.10 bits per heavy atom. The lowest BCUT2D eigenvalue weighted by Crippen LogP contribution is -2.46. The van der Waals surface area contributed by atoms with Gasteiger partial charge in [0.05, 0.1) is 16.6 Å². The molecule has 1 amide bonds. The average molecular weight is 438 g/mol. The number of benzene rings is 1. The fourth-order valence-corrected chi connectivity index (χ4v) is 4.44. The highest BCUT2D eigenvalue weighted by molar-refractivity contribution is 7.84. The second kappa shape index (κ2) is 10.9. The SMILES string of the molecule is CCN1CCN(CCCNC(=O)c2ccc(C[S@@](=O)c3ccc(Cl)cc3)o2)CC1. The van der Waals surface area contributed by atoms with Crippen molar-refractivity contribution in [3.05, 3.63) is 52.9 Å². The predicted octanol–water partition coefficient (Wildman–Crippen LogP) is 3.00. The third-order valence-electron chi connectivity index (χ3n) is 5.08. The summed E-state index contributed by atoms with van der Waals surface area (Å²) in [4.78, 5) is 17.8. The molecule has 1 aromatic carbocycles. The van der Waals surface area contributed by atoms with Crippen LogP contribution in [0.15, 0.2) is 45.7 Å². The molecule has 1 fully saturated rings. The van der Waals surface area contributed by atoms with E-state index in [-0.39, 0.29) is 17.4 Å². The van der Waals surface area contributed by atoms with Crippen molar-refractivity contribution in [3.63, 3.8) is 0 Å². The molecular formula is C21H28ClN3O3S. The Kier molecular flexibility index (Phi) is 8.29. The third-order valence-corrected chi connectivity index (χ3v) is 6.68. The Morgan fingerprint density at radius 3 is 2.48 bits per heavy atom. The number of hydrogen-bond donors (Lipinski definition) is 1. The standard InChI is InChI=1S/C21H28ClN3O3S/c1-2-24-12-14-25(15-13-24)11-3-10-23-21(26)20-9-6-18(28-20)16-29(27)19-7-4-17(22)5-8-19/h4-9H,2-3,10-16H2,1H3,(H,23,26)/t29-/m1/s1. The number of nitrogens with zero attached hydrogens (tertiary/aromatic N) is 2. The van der Waals surface area contributed by atoms with Crippen LogP contribution in [0.1, 0.15) is 29.7 Å². The van der Waals surface area contributed by atoms with Crippen molar-refractivity contribution < 1.29 is 13.4 Å². The van der Waals surface area contributed by atoms with Gasteiger partial charge < -0.3 is 19.5 Å². The molecule has 0 saturated carbocycles. The van der Waals surface area contributed by atoms with Crippen LogP contribution in [-0.4, -0.2) is 65.7 Å². The third kappa shape index (κ3) is 6.67. The number of halogens is 1. The summed E-state index contributed by atoms with van der Waals surface area (Å²) in [5.41, 5.74) is 0. The maximum absolute atomic E-state index is 12.4. The van der Waals surface area contributed by atoms with Gasteiger partial charge in [0.1, 0.15) is 5.76 Å². The minimum Gasteiger partial charge on any atom is -0.455 e. The van der Waals surface area contributed by atoms with Crippen molar-refractivity contribution in [2.45, 2.75) is 24.0 Å². The molecule has 158 valence electrons. The second-order valence-corrected chi connectivity index (χ2v) is 8.98. The average Bonchev–Trinajstić information content (AvgIpc) is 3.20. The van der Waals surface area contributed by atoms with E-state index in [9.17, 15) is 9.00 Å². The maximum atomic E-state index is 12.4. The first-order chi connectivity index (χ1) is 14.0. The molecule has 8 heteroatoms. The Labute approximate surface area is 179 Å². The quantitative estimate of drug-likeness (QED) is 0.611. The highest BCUT2D eigenvalue weighted by atomic mass is 35.5. The van der Waals surface area contributed by atoms with Crippen LogP contribution < -0.4 is 5.32 Å². The number of hydrogen-bond acceptors (Lipinski definition) is 5. The zero-order valence-electron chi connectivity index (χ0n) is 16.7. The summed E-state index contributed by atoms with van der Waals surface area (Å²) in [5.74, 6) is 0.768. The van der Waals surface area contributed by atoms with Gasteiger partial charge in [-0.1, -0.05) is 18.5 Å². The van der Waals surface area contributed by atoms with Crippen molar-refractivity contribution in [1.82, 2.24) is 15.1 Å². The number of furan rings is 1. The van der Waals surface area contributed by atoms with Crippen LogP contribution in [0.3, 0.4) is 0 Å². The predicted molar refractivity (Wildman–Crippen MR) is 116 cm³/mol. The minimum atomic E-state index is -1.25. The zero-order valence-corrected chi connectivity index (χ0v) is 18.3. The number of carbonyl (C=O) groups excluding carboxylic acids is 1. The van der Waals surface area contributed by atoms with Crippen LogP contribution in [0, 0.1) is 0 Å². The zero-order chi connectivity index (χ0) is 20.6. The first-order valence-electron chi connectivity index (χ1n) is 10.0. The Hall–Kier alpha value is -1.67. The highest BCUT2D eigenvalue weighted by Crippen LogP contribution is 2.17. The summed E-state index contributed by atoms with van der Waals surface area (Å²) in [6, 6.07) is 10.2. The monoisotopic (exact) mass is 437 g/mol. The lowest BCUT2D eigenvalue weighted by molar-refractivity contribution is 0.0919. The van der Waals surface area contributed by atoms with Gasteiger partial charge >= 0.3 is 0 Å². The molecule has 0 aliphatic carbocycles. The van der Waals surface area contributed by atoms with E-state index in [1.165, 1.54) is 0 Å². The molecule has 0 spiro atoms. The summed E-state index contributed by atoms with van der Waals surface area (Å²) < 4.78 is 18.0. The summed E-state index contributed by atoms with van der Waals surface area (Å²) in [7, 11) is -1.25. The van der Waals surface area contributed by atoms with Gasteiger partial charge in [-0.2, -0.15) is 0 Å². The van der Waals surface area contributed by atoms with E-state index >= 15 is 0 Å². The molecule has 0 bridgehead atoms. The van der Waals surface area contributed by atoms with Crippen LogP contribution in [0.25, 0.3) is 0 Å². The topological polar surface area (TPSA) is 65.8 Å². The van der Waals surface area contributed by atoms with Crippen LogP contribution in [0.5, 0.6) is 0 Å². The van der Waals surface area contributed by atoms with Crippen LogP contribution >= 0.6 is 11.6 Å². The van der Waals surface area contributed by atoms with Gasteiger partial charge in [-0.05, 0) is 55.9 Å². The molecule has 1 aliphatic heterocycles. The Bertz CT molecular complexity index is 817. The van der Waals surface area contributed by atoms with Crippen LogP contribution in [0.2, 0.25) is 5.02 Å². The van der Waals surface area contributed by atoms with E-state index in [4.69, 9.17) is 16.0 Å². The molecule has 29 heavy (non-hydrogen) atoms. The van der Waals surface area contributed by atoms with Gasteiger partial charge in [-0.25, -0.2) is 0 Å². The maximum Gasteiger partial charge on any atom is 0.286 e. The summed E-state index contributed by atoms with van der Waals surface area (Å²) >= 11 is 5.86. The minimum absolute atomic E-state index is 0.221. The van der Waals surface area contributed by atoms with Crippen molar-refractivity contribution in [3.8, 4) is 0 Å². The molecule has 1 atom stereocenters. The number of nitrogens with one attached hydrogen (secondary N) is 1. The van der Waals surface area contributed by atoms with Crippen molar-refractivity contribution in [1.29, 1.82) is 0 Å². The number of amides is 1. The number of piperazine rings is 1. The van der Waals surface area contributed by atoms with Crippen molar-refractivity contribution >= 4 is 28.3 Å². The Morgan fingerprint density at radius 2 is 1.79 bits per heavy atom. The smallest absolute Gasteiger partial charge is 0.286 e. The van der Waals surface area contributed by atoms with Crippen LogP contribution in [0.4, 0.5) is 0 Å². The van der Waals surface area contributed by atoms with Gasteiger partial charge in [0.15, 0.2) is 5.76 Å². The van der Waals surface area contributed by atoms with Gasteiger partial charge in [-0.15, -0.1) is 0 Å². The summed E-state index contributed by atoms with van der Waals surface area (Å²) in [6.45, 7) is 9.33. The van der Waals surface area contributed by atoms with Crippen LogP contribution in [-0.2, 0) is 16.6 Å². The first kappa shape index (κ1) is 22.0. The van der Waals surface area contributed by atoms with E-state index in [0.29, 0.717) is 22.2 Å². The molecule has 0 unspecified atom stereocenters. The molecule has 0 radical (unpaired) electrons. The lowest BCUT2D eigenvalue weighted by atomic mass is 10.3. The van der Waals surface area contributed by atoms with E-state index in [2.05, 4.69) is 22.0 Å². The number of rotatable bonds is 9. The molecule has 1 aromatic heterocycles. The van der Waals surface area contributed by atoms with E-state index in [1.807, 2.05) is 0 Å². The molecule has 2 aromatic rings. The van der Waals surface area contributed by atoms with E-state index in [0.717, 1.165) is 45.7 Å². The summed E-state index contributed by atoms with van der Waals surface area (Å²) in [5, 5.41) is 3.51. The molecule has 1 saturated heterocycles. The number of carbonyl (C=O) groups is 1. The van der Waals surface area contributed by atoms with Gasteiger partial charge in [0.25, 0.3) is 5.91 Å². The normalized spacial score (nSPS) is 16.6. The largest absolute Gasteiger partial charge is 0.455 e. The van der Waals surface area contributed by atoms with E-state index < -0.39 is 10.8 Å². The van der Waals surface area contributed by atoms with Gasteiger partial charge in [0, 0.05) is 42.6 Å². The Balaban J connectivity index is 1.39.